The Bertz CT molecular complexity index is 743. The van der Waals surface area contributed by atoms with Crippen molar-refractivity contribution >= 4 is 27.4 Å². The average molecular weight is 376 g/mol. The maximum Gasteiger partial charge on any atom is 0.140 e. The number of hydrogen-bond donors (Lipinski definition) is 1. The predicted octanol–water partition coefficient (Wildman–Crippen LogP) is 1.68. The van der Waals surface area contributed by atoms with Crippen LogP contribution in [-0.2, 0) is 0 Å². The number of piperazine rings is 1. The van der Waals surface area contributed by atoms with Crippen molar-refractivity contribution in [1.29, 1.82) is 0 Å². The fraction of sp³-hybridized carbons (Fsp3) is 0.684. The first-order valence-corrected chi connectivity index (χ1v) is 10.5. The summed E-state index contributed by atoms with van der Waals surface area (Å²) >= 11 is 1.72. The fourth-order valence-electron chi connectivity index (χ4n) is 4.36. The molecule has 4 heterocycles. The maximum atomic E-state index is 9.94. The molecule has 0 radical (unpaired) electrons. The number of thiophene rings is 1. The number of aliphatic hydroxyl groups excluding tert-OH is 1. The van der Waals surface area contributed by atoms with Gasteiger partial charge in [-0.3, -0.25) is 0 Å². The van der Waals surface area contributed by atoms with Gasteiger partial charge in [0.2, 0.25) is 0 Å². The summed E-state index contributed by atoms with van der Waals surface area (Å²) in [5.41, 5.74) is 0. The van der Waals surface area contributed by atoms with E-state index in [-0.39, 0.29) is 6.61 Å². The van der Waals surface area contributed by atoms with Gasteiger partial charge in [0.05, 0.1) is 5.39 Å². The second kappa shape index (κ2) is 7.76. The van der Waals surface area contributed by atoms with Crippen LogP contribution in [0.4, 0.5) is 5.82 Å². The number of aromatic nitrogens is 2. The van der Waals surface area contributed by atoms with Gasteiger partial charge in [0.15, 0.2) is 0 Å². The highest BCUT2D eigenvalue weighted by atomic mass is 32.1. The van der Waals surface area contributed by atoms with Crippen molar-refractivity contribution in [2.24, 2.45) is 11.8 Å². The number of aryl methyl sites for hydroxylation is 1. The van der Waals surface area contributed by atoms with E-state index in [1.165, 1.54) is 4.88 Å². The molecule has 2 atom stereocenters. The third kappa shape index (κ3) is 3.58. The number of hydrogen-bond acceptors (Lipinski definition) is 7. The van der Waals surface area contributed by atoms with Crippen LogP contribution in [0.1, 0.15) is 11.8 Å². The van der Waals surface area contributed by atoms with E-state index in [0.717, 1.165) is 68.4 Å². The molecule has 0 aromatic carbocycles. The molecule has 2 aromatic heterocycles. The Morgan fingerprint density at radius 2 is 1.85 bits per heavy atom. The summed E-state index contributed by atoms with van der Waals surface area (Å²) in [5.74, 6) is 1.86. The van der Waals surface area contributed by atoms with Crippen molar-refractivity contribution in [3.8, 4) is 0 Å². The van der Waals surface area contributed by atoms with Gasteiger partial charge in [-0.05, 0) is 25.5 Å². The molecule has 0 saturated carbocycles. The van der Waals surface area contributed by atoms with Gasteiger partial charge in [0.1, 0.15) is 17.0 Å². The smallest absolute Gasteiger partial charge is 0.140 e. The topological polar surface area (TPSA) is 55.7 Å². The molecular formula is C19H29N5OS. The Balaban J connectivity index is 1.47. The number of nitrogens with zero attached hydrogens (tertiary/aromatic N) is 5. The lowest BCUT2D eigenvalue weighted by atomic mass is 9.96. The molecule has 2 aromatic rings. The van der Waals surface area contributed by atoms with Crippen molar-refractivity contribution in [3.05, 3.63) is 17.3 Å². The SMILES string of the molecule is CCN1CCN(CC2CN(c3ncnc4sc(C)cc34)CC2CO)CC1. The molecule has 142 valence electrons. The standard InChI is InChI=1S/C19H29N5OS/c1-3-22-4-6-23(7-5-22)9-15-10-24(11-16(15)12-25)18-17-8-14(2)26-19(17)21-13-20-18/h8,13,15-16,25H,3-7,9-12H2,1-2H3. The zero-order valence-corrected chi connectivity index (χ0v) is 16.6. The van der Waals surface area contributed by atoms with Crippen LogP contribution in [0.5, 0.6) is 0 Å². The molecular weight excluding hydrogens is 346 g/mol. The van der Waals surface area contributed by atoms with Crippen molar-refractivity contribution in [2.45, 2.75) is 13.8 Å². The van der Waals surface area contributed by atoms with E-state index in [1.54, 1.807) is 17.7 Å². The molecule has 0 bridgehead atoms. The highest BCUT2D eigenvalue weighted by Crippen LogP contribution is 2.34. The molecule has 0 aliphatic carbocycles. The first-order valence-electron chi connectivity index (χ1n) is 9.69. The summed E-state index contributed by atoms with van der Waals surface area (Å²) in [5, 5.41) is 11.1. The largest absolute Gasteiger partial charge is 0.396 e. The lowest BCUT2D eigenvalue weighted by Crippen LogP contribution is -2.48. The Labute approximate surface area is 159 Å². The minimum atomic E-state index is 0.257. The highest BCUT2D eigenvalue weighted by molar-refractivity contribution is 7.18. The van der Waals surface area contributed by atoms with Crippen LogP contribution in [0, 0.1) is 18.8 Å². The number of anilines is 1. The lowest BCUT2D eigenvalue weighted by Gasteiger charge is -2.36. The third-order valence-electron chi connectivity index (χ3n) is 5.95. The number of fused-ring (bicyclic) bond motifs is 1. The highest BCUT2D eigenvalue weighted by Gasteiger charge is 2.35. The Morgan fingerprint density at radius 3 is 2.58 bits per heavy atom. The summed E-state index contributed by atoms with van der Waals surface area (Å²) in [4.78, 5) is 18.8. The van der Waals surface area contributed by atoms with Crippen LogP contribution in [-0.4, -0.2) is 83.8 Å². The van der Waals surface area contributed by atoms with Gasteiger partial charge in [-0.15, -0.1) is 11.3 Å². The van der Waals surface area contributed by atoms with Gasteiger partial charge in [-0.2, -0.15) is 0 Å². The molecule has 2 unspecified atom stereocenters. The molecule has 2 aliphatic rings. The third-order valence-corrected chi connectivity index (χ3v) is 6.91. The quantitative estimate of drug-likeness (QED) is 0.858. The zero-order valence-electron chi connectivity index (χ0n) is 15.8. The van der Waals surface area contributed by atoms with Gasteiger partial charge in [0.25, 0.3) is 0 Å². The van der Waals surface area contributed by atoms with E-state index in [1.807, 2.05) is 0 Å². The summed E-state index contributed by atoms with van der Waals surface area (Å²) in [6.45, 7) is 13.3. The molecule has 26 heavy (non-hydrogen) atoms. The van der Waals surface area contributed by atoms with E-state index >= 15 is 0 Å². The monoisotopic (exact) mass is 375 g/mol. The van der Waals surface area contributed by atoms with E-state index < -0.39 is 0 Å². The van der Waals surface area contributed by atoms with Crippen LogP contribution >= 0.6 is 11.3 Å². The fourth-order valence-corrected chi connectivity index (χ4v) is 5.20. The van der Waals surface area contributed by atoms with Gasteiger partial charge in [0, 0.05) is 63.2 Å². The minimum Gasteiger partial charge on any atom is -0.396 e. The molecule has 0 amide bonds. The molecule has 0 spiro atoms. The normalized spacial score (nSPS) is 25.4. The first-order chi connectivity index (χ1) is 12.7. The Kier molecular flexibility index (Phi) is 5.40. The minimum absolute atomic E-state index is 0.257. The molecule has 1 N–H and O–H groups in total. The van der Waals surface area contributed by atoms with Gasteiger partial charge >= 0.3 is 0 Å². The van der Waals surface area contributed by atoms with E-state index in [0.29, 0.717) is 11.8 Å². The zero-order chi connectivity index (χ0) is 18.1. The molecule has 7 heteroatoms. The number of likely N-dealkylation sites (N-methyl/N-ethyl adjacent to an activating group) is 1. The van der Waals surface area contributed by atoms with E-state index in [9.17, 15) is 5.11 Å². The van der Waals surface area contributed by atoms with Gasteiger partial charge in [-0.25, -0.2) is 9.97 Å². The summed E-state index contributed by atoms with van der Waals surface area (Å²) in [7, 11) is 0. The molecule has 2 aliphatic heterocycles. The maximum absolute atomic E-state index is 9.94. The van der Waals surface area contributed by atoms with Crippen molar-refractivity contribution in [3.63, 3.8) is 0 Å². The second-order valence-electron chi connectivity index (χ2n) is 7.62. The number of rotatable bonds is 5. The van der Waals surface area contributed by atoms with Crippen molar-refractivity contribution < 1.29 is 5.11 Å². The van der Waals surface area contributed by atoms with E-state index in [4.69, 9.17) is 0 Å². The molecule has 2 saturated heterocycles. The Morgan fingerprint density at radius 1 is 1.12 bits per heavy atom. The second-order valence-corrected chi connectivity index (χ2v) is 8.85. The van der Waals surface area contributed by atoms with Crippen LogP contribution < -0.4 is 4.90 Å². The average Bonchev–Trinajstić information content (AvgIpc) is 3.24. The van der Waals surface area contributed by atoms with Crippen LogP contribution in [0.15, 0.2) is 12.4 Å². The number of aliphatic hydroxyl groups is 1. The molecule has 6 nitrogen and oxygen atoms in total. The van der Waals surface area contributed by atoms with Crippen LogP contribution in [0.3, 0.4) is 0 Å². The van der Waals surface area contributed by atoms with Crippen LogP contribution in [0.2, 0.25) is 0 Å². The van der Waals surface area contributed by atoms with Crippen LogP contribution in [0.25, 0.3) is 10.2 Å². The van der Waals surface area contributed by atoms with Crippen molar-refractivity contribution in [1.82, 2.24) is 19.8 Å². The Hall–Kier alpha value is -1.28. The summed E-state index contributed by atoms with van der Waals surface area (Å²) in [6.07, 6.45) is 1.68. The van der Waals surface area contributed by atoms with Gasteiger partial charge in [-0.1, -0.05) is 6.92 Å². The van der Waals surface area contributed by atoms with Gasteiger partial charge < -0.3 is 19.8 Å². The molecule has 4 rings (SSSR count). The summed E-state index contributed by atoms with van der Waals surface area (Å²) < 4.78 is 0. The first kappa shape index (κ1) is 18.1. The predicted molar refractivity (Wildman–Crippen MR) is 107 cm³/mol. The van der Waals surface area contributed by atoms with Crippen molar-refractivity contribution in [2.75, 3.05) is 63.9 Å². The lowest BCUT2D eigenvalue weighted by molar-refractivity contribution is 0.106. The molecule has 2 fully saturated rings. The van der Waals surface area contributed by atoms with E-state index in [2.05, 4.69) is 44.6 Å². The summed E-state index contributed by atoms with van der Waals surface area (Å²) in [6, 6.07) is 2.20.